The Labute approximate surface area is 125 Å². The molecule has 5 nitrogen and oxygen atoms in total. The number of hydrogen-bond acceptors (Lipinski definition) is 4. The largest absolute Gasteiger partial charge is 0.496 e. The first-order valence-electron chi connectivity index (χ1n) is 7.12. The average molecular weight is 285 g/mol. The molecule has 3 rings (SSSR count). The van der Waals surface area contributed by atoms with E-state index in [1.54, 1.807) is 10.9 Å². The molecule has 0 saturated carbocycles. The van der Waals surface area contributed by atoms with Gasteiger partial charge in [0.1, 0.15) is 0 Å². The summed E-state index contributed by atoms with van der Waals surface area (Å²) in [5.41, 5.74) is 1.36. The van der Waals surface area contributed by atoms with E-state index in [0.717, 1.165) is 16.8 Å². The Morgan fingerprint density at radius 1 is 1.14 bits per heavy atom. The van der Waals surface area contributed by atoms with Crippen LogP contribution < -0.4 is 5.46 Å². The van der Waals surface area contributed by atoms with Crippen molar-refractivity contribution in [2.45, 2.75) is 45.8 Å². The van der Waals surface area contributed by atoms with E-state index in [1.165, 1.54) is 0 Å². The molecular weight excluding hydrogens is 265 g/mol. The molecule has 0 aromatic carbocycles. The van der Waals surface area contributed by atoms with Gasteiger partial charge in [-0.1, -0.05) is 0 Å². The number of nitrogens with zero attached hydrogens (tertiary/aromatic N) is 3. The van der Waals surface area contributed by atoms with Crippen LogP contribution in [-0.4, -0.2) is 33.1 Å². The van der Waals surface area contributed by atoms with Gasteiger partial charge < -0.3 is 9.31 Å². The third-order valence-corrected chi connectivity index (χ3v) is 4.38. The van der Waals surface area contributed by atoms with Gasteiger partial charge in [0.2, 0.25) is 0 Å². The second-order valence-corrected chi connectivity index (χ2v) is 6.44. The van der Waals surface area contributed by atoms with Crippen molar-refractivity contribution in [1.82, 2.24) is 14.8 Å². The van der Waals surface area contributed by atoms with E-state index in [4.69, 9.17) is 9.31 Å². The van der Waals surface area contributed by atoms with Crippen LogP contribution in [0, 0.1) is 6.92 Å². The minimum absolute atomic E-state index is 0.342. The lowest BCUT2D eigenvalue weighted by Gasteiger charge is -2.32. The first-order valence-corrected chi connectivity index (χ1v) is 7.12. The molecule has 1 aliphatic heterocycles. The summed E-state index contributed by atoms with van der Waals surface area (Å²) in [5.74, 6) is 0.790. The fourth-order valence-electron chi connectivity index (χ4n) is 2.30. The van der Waals surface area contributed by atoms with Gasteiger partial charge in [-0.05, 0) is 52.3 Å². The number of aryl methyl sites for hydroxylation is 1. The van der Waals surface area contributed by atoms with E-state index in [-0.39, 0.29) is 18.3 Å². The molecule has 0 spiro atoms. The summed E-state index contributed by atoms with van der Waals surface area (Å²) in [4.78, 5) is 4.46. The molecule has 6 heteroatoms. The van der Waals surface area contributed by atoms with Crippen LogP contribution in [0.3, 0.4) is 0 Å². The van der Waals surface area contributed by atoms with Gasteiger partial charge in [-0.25, -0.2) is 9.67 Å². The monoisotopic (exact) mass is 285 g/mol. The summed E-state index contributed by atoms with van der Waals surface area (Å²) in [6.45, 7) is 10.2. The van der Waals surface area contributed by atoms with E-state index in [1.807, 2.05) is 59.1 Å². The van der Waals surface area contributed by atoms with Crippen LogP contribution in [0.15, 0.2) is 30.7 Å². The number of rotatable bonds is 2. The third kappa shape index (κ3) is 2.38. The van der Waals surface area contributed by atoms with Crippen LogP contribution in [0.1, 0.15) is 33.3 Å². The van der Waals surface area contributed by atoms with Gasteiger partial charge in [0.25, 0.3) is 0 Å². The number of pyridine rings is 1. The maximum atomic E-state index is 6.08. The van der Waals surface area contributed by atoms with Gasteiger partial charge in [0.15, 0.2) is 5.82 Å². The zero-order valence-electron chi connectivity index (χ0n) is 13.1. The van der Waals surface area contributed by atoms with Gasteiger partial charge >= 0.3 is 7.12 Å². The Hall–Kier alpha value is -1.66. The lowest BCUT2D eigenvalue weighted by molar-refractivity contribution is 0.00578. The molecule has 2 aromatic rings. The summed E-state index contributed by atoms with van der Waals surface area (Å²) in [7, 11) is -0.380. The van der Waals surface area contributed by atoms with Crippen LogP contribution in [-0.2, 0) is 9.31 Å². The molecule has 0 bridgehead atoms. The summed E-state index contributed by atoms with van der Waals surface area (Å²) in [6.07, 6.45) is 5.42. The fourth-order valence-corrected chi connectivity index (χ4v) is 2.30. The van der Waals surface area contributed by atoms with Crippen molar-refractivity contribution < 1.29 is 9.31 Å². The molecule has 3 heterocycles. The van der Waals surface area contributed by atoms with E-state index >= 15 is 0 Å². The number of aromatic nitrogens is 3. The van der Waals surface area contributed by atoms with E-state index in [2.05, 4.69) is 10.1 Å². The molecule has 0 N–H and O–H groups in total. The smallest absolute Gasteiger partial charge is 0.399 e. The maximum absolute atomic E-state index is 6.08. The van der Waals surface area contributed by atoms with E-state index in [9.17, 15) is 0 Å². The van der Waals surface area contributed by atoms with Crippen molar-refractivity contribution in [2.75, 3.05) is 0 Å². The number of hydrogen-bond donors (Lipinski definition) is 0. The topological polar surface area (TPSA) is 49.2 Å². The average Bonchev–Trinajstić information content (AvgIpc) is 2.96. The van der Waals surface area contributed by atoms with Crippen LogP contribution in [0.2, 0.25) is 0 Å². The first kappa shape index (κ1) is 14.3. The molecule has 0 atom stereocenters. The Bertz CT molecular complexity index is 637. The van der Waals surface area contributed by atoms with Crippen molar-refractivity contribution in [2.24, 2.45) is 0 Å². The maximum Gasteiger partial charge on any atom is 0.496 e. The molecule has 2 aromatic heterocycles. The Kier molecular flexibility index (Phi) is 3.18. The minimum Gasteiger partial charge on any atom is -0.399 e. The van der Waals surface area contributed by atoms with Crippen LogP contribution in [0.25, 0.3) is 5.82 Å². The van der Waals surface area contributed by atoms with Crippen molar-refractivity contribution in [3.8, 4) is 5.82 Å². The van der Waals surface area contributed by atoms with Crippen molar-refractivity contribution in [1.29, 1.82) is 0 Å². The molecule has 0 aliphatic carbocycles. The summed E-state index contributed by atoms with van der Waals surface area (Å²) < 4.78 is 13.9. The lowest BCUT2D eigenvalue weighted by Crippen LogP contribution is -2.41. The second kappa shape index (κ2) is 4.68. The second-order valence-electron chi connectivity index (χ2n) is 6.44. The molecule has 1 aliphatic rings. The van der Waals surface area contributed by atoms with Crippen LogP contribution in [0.4, 0.5) is 0 Å². The van der Waals surface area contributed by atoms with Crippen LogP contribution in [0.5, 0.6) is 0 Å². The van der Waals surface area contributed by atoms with Gasteiger partial charge in [-0.2, -0.15) is 5.10 Å². The quantitative estimate of drug-likeness (QED) is 0.790. The molecule has 1 saturated heterocycles. The van der Waals surface area contributed by atoms with Gasteiger partial charge in [0.05, 0.1) is 11.2 Å². The highest BCUT2D eigenvalue weighted by Crippen LogP contribution is 2.36. The predicted octanol–water partition coefficient (Wildman–Crippen LogP) is 1.87. The van der Waals surface area contributed by atoms with E-state index < -0.39 is 0 Å². The van der Waals surface area contributed by atoms with Crippen molar-refractivity contribution >= 4 is 12.6 Å². The van der Waals surface area contributed by atoms with E-state index in [0.29, 0.717) is 0 Å². The molecule has 110 valence electrons. The molecule has 0 radical (unpaired) electrons. The summed E-state index contributed by atoms with van der Waals surface area (Å²) >= 11 is 0. The van der Waals surface area contributed by atoms with Crippen LogP contribution >= 0.6 is 0 Å². The van der Waals surface area contributed by atoms with Gasteiger partial charge in [0, 0.05) is 24.1 Å². The molecule has 0 unspecified atom stereocenters. The van der Waals surface area contributed by atoms with Crippen molar-refractivity contribution in [3.05, 3.63) is 36.3 Å². The first-order chi connectivity index (χ1) is 9.80. The van der Waals surface area contributed by atoms with Crippen molar-refractivity contribution in [3.63, 3.8) is 0 Å². The SMILES string of the molecule is Cc1cc(-n2cccn2)ncc1B1OC(C)(C)C(C)(C)O1. The Morgan fingerprint density at radius 2 is 1.81 bits per heavy atom. The summed E-state index contributed by atoms with van der Waals surface area (Å²) in [5, 5.41) is 4.19. The Balaban J connectivity index is 1.91. The summed E-state index contributed by atoms with van der Waals surface area (Å²) in [6, 6.07) is 3.87. The van der Waals surface area contributed by atoms with Gasteiger partial charge in [-0.15, -0.1) is 0 Å². The zero-order valence-corrected chi connectivity index (χ0v) is 13.1. The highest BCUT2D eigenvalue weighted by Gasteiger charge is 2.52. The molecule has 21 heavy (non-hydrogen) atoms. The molecule has 1 fully saturated rings. The zero-order chi connectivity index (χ0) is 15.3. The minimum atomic E-state index is -0.380. The fraction of sp³-hybridized carbons (Fsp3) is 0.467. The molecule has 0 amide bonds. The van der Waals surface area contributed by atoms with Gasteiger partial charge in [-0.3, -0.25) is 0 Å². The normalized spacial score (nSPS) is 20.0. The molecular formula is C15H20BN3O2. The highest BCUT2D eigenvalue weighted by molar-refractivity contribution is 6.62. The lowest BCUT2D eigenvalue weighted by atomic mass is 9.77. The predicted molar refractivity (Wildman–Crippen MR) is 81.8 cm³/mol. The third-order valence-electron chi connectivity index (χ3n) is 4.38. The highest BCUT2D eigenvalue weighted by atomic mass is 16.7. The Morgan fingerprint density at radius 3 is 2.33 bits per heavy atom. The standard InChI is InChI=1S/C15H20BN3O2/c1-11-9-13(19-8-6-7-18-19)17-10-12(11)16-20-14(2,3)15(4,5)21-16/h6-10H,1-5H3.